The second-order valence-corrected chi connectivity index (χ2v) is 7.41. The fourth-order valence-electron chi connectivity index (χ4n) is 4.23. The van der Waals surface area contributed by atoms with Crippen molar-refractivity contribution in [3.8, 4) is 0 Å². The highest BCUT2D eigenvalue weighted by molar-refractivity contribution is 5.83. The van der Waals surface area contributed by atoms with E-state index in [-0.39, 0.29) is 12.0 Å². The van der Waals surface area contributed by atoms with Crippen LogP contribution >= 0.6 is 0 Å². The van der Waals surface area contributed by atoms with E-state index in [2.05, 4.69) is 53.2 Å². The molecule has 0 radical (unpaired) electrons. The summed E-state index contributed by atoms with van der Waals surface area (Å²) in [7, 11) is 0. The van der Waals surface area contributed by atoms with Crippen LogP contribution in [-0.2, 0) is 4.79 Å². The van der Waals surface area contributed by atoms with Crippen LogP contribution in [0, 0.1) is 12.8 Å². The van der Waals surface area contributed by atoms with E-state index in [1.165, 1.54) is 16.7 Å². The Morgan fingerprint density at radius 3 is 2.85 bits per heavy atom. The van der Waals surface area contributed by atoms with Crippen LogP contribution < -0.4 is 0 Å². The number of aryl methyl sites for hydroxylation is 1. The maximum atomic E-state index is 11.6. The maximum absolute atomic E-state index is 11.6. The minimum atomic E-state index is -0.692. The Bertz CT molecular complexity index is 964. The molecule has 2 atom stereocenters. The van der Waals surface area contributed by atoms with Crippen LogP contribution in [0.3, 0.4) is 0 Å². The van der Waals surface area contributed by atoms with Crippen LogP contribution in [0.4, 0.5) is 0 Å². The van der Waals surface area contributed by atoms with Gasteiger partial charge in [0.1, 0.15) is 0 Å². The first kappa shape index (κ1) is 17.7. The van der Waals surface area contributed by atoms with Gasteiger partial charge in [0, 0.05) is 18.1 Å². The van der Waals surface area contributed by atoms with Crippen molar-refractivity contribution in [3.05, 3.63) is 77.5 Å². The van der Waals surface area contributed by atoms with Gasteiger partial charge in [0.25, 0.3) is 0 Å². The number of benzene rings is 2. The van der Waals surface area contributed by atoms with E-state index in [4.69, 9.17) is 0 Å². The number of aromatic nitrogens is 1. The average molecular weight is 360 g/mol. The number of nitrogens with zero attached hydrogens (tertiary/aromatic N) is 2. The van der Waals surface area contributed by atoms with Gasteiger partial charge >= 0.3 is 5.97 Å². The lowest BCUT2D eigenvalue weighted by Gasteiger charge is -2.38. The predicted octanol–water partition coefficient (Wildman–Crippen LogP) is 4.43. The van der Waals surface area contributed by atoms with Crippen LogP contribution in [0.25, 0.3) is 10.9 Å². The van der Waals surface area contributed by atoms with Crippen LogP contribution in [-0.4, -0.2) is 34.0 Å². The minimum Gasteiger partial charge on any atom is -0.481 e. The van der Waals surface area contributed by atoms with E-state index < -0.39 is 5.97 Å². The number of carboxylic acid groups (broad SMARTS) is 1. The Morgan fingerprint density at radius 1 is 1.19 bits per heavy atom. The molecule has 2 aromatic carbocycles. The number of aliphatic carboxylic acids is 1. The summed E-state index contributed by atoms with van der Waals surface area (Å²) in [6, 6.07) is 18.8. The lowest BCUT2D eigenvalue weighted by Crippen LogP contribution is -2.41. The van der Waals surface area contributed by atoms with E-state index in [0.29, 0.717) is 6.54 Å². The van der Waals surface area contributed by atoms with Gasteiger partial charge in [-0.25, -0.2) is 0 Å². The molecule has 1 aliphatic heterocycles. The summed E-state index contributed by atoms with van der Waals surface area (Å²) in [6.07, 6.45) is 3.52. The Balaban J connectivity index is 1.84. The molecule has 0 aliphatic carbocycles. The first-order valence-electron chi connectivity index (χ1n) is 9.50. The molecule has 2 heterocycles. The number of hydrogen-bond donors (Lipinski definition) is 1. The third kappa shape index (κ3) is 3.58. The number of carbonyl (C=O) groups is 1. The van der Waals surface area contributed by atoms with Gasteiger partial charge in [0.15, 0.2) is 0 Å². The van der Waals surface area contributed by atoms with Gasteiger partial charge in [0.2, 0.25) is 0 Å². The summed E-state index contributed by atoms with van der Waals surface area (Å²) in [6.45, 7) is 3.57. The topological polar surface area (TPSA) is 53.4 Å². The molecule has 1 aromatic heterocycles. The molecule has 3 aromatic rings. The van der Waals surface area contributed by atoms with E-state index in [0.717, 1.165) is 30.3 Å². The van der Waals surface area contributed by atoms with Gasteiger partial charge in [-0.1, -0.05) is 48.0 Å². The highest BCUT2D eigenvalue weighted by Crippen LogP contribution is 2.36. The minimum absolute atomic E-state index is 0.0277. The second kappa shape index (κ2) is 7.49. The molecule has 138 valence electrons. The monoisotopic (exact) mass is 360 g/mol. The average Bonchev–Trinajstić information content (AvgIpc) is 2.69. The van der Waals surface area contributed by atoms with E-state index in [1.54, 1.807) is 0 Å². The number of piperidine rings is 1. The van der Waals surface area contributed by atoms with Crippen molar-refractivity contribution in [1.82, 2.24) is 9.88 Å². The molecule has 0 amide bonds. The van der Waals surface area contributed by atoms with Crippen LogP contribution in [0.15, 0.2) is 60.8 Å². The number of rotatable bonds is 4. The van der Waals surface area contributed by atoms with E-state index in [9.17, 15) is 9.90 Å². The molecule has 0 spiro atoms. The zero-order valence-electron chi connectivity index (χ0n) is 15.5. The van der Waals surface area contributed by atoms with Crippen molar-refractivity contribution < 1.29 is 9.90 Å². The first-order valence-corrected chi connectivity index (χ1v) is 9.50. The number of carboxylic acids is 1. The number of likely N-dealkylation sites (tertiary alicyclic amines) is 1. The standard InChI is InChI=1S/C23H24N2O2/c1-16-6-4-7-17(14-16)22(25-13-5-8-18(15-25)23(26)27)20-11-12-24-21-10-3-2-9-19(20)21/h2-4,6-7,9-12,14,18,22H,5,8,13,15H2,1H3,(H,26,27). The lowest BCUT2D eigenvalue weighted by molar-refractivity contribution is -0.143. The largest absolute Gasteiger partial charge is 0.481 e. The SMILES string of the molecule is Cc1cccc(C(c2ccnc3ccccc23)N2CCCC(C(=O)O)C2)c1. The summed E-state index contributed by atoms with van der Waals surface area (Å²) in [5.41, 5.74) is 4.58. The summed E-state index contributed by atoms with van der Waals surface area (Å²) < 4.78 is 0. The molecule has 0 bridgehead atoms. The highest BCUT2D eigenvalue weighted by atomic mass is 16.4. The lowest BCUT2D eigenvalue weighted by atomic mass is 9.89. The third-order valence-electron chi connectivity index (χ3n) is 5.50. The summed E-state index contributed by atoms with van der Waals surface area (Å²) in [5.74, 6) is -0.999. The molecular formula is C23H24N2O2. The molecule has 4 rings (SSSR count). The fraction of sp³-hybridized carbons (Fsp3) is 0.304. The zero-order valence-corrected chi connectivity index (χ0v) is 15.5. The van der Waals surface area contributed by atoms with Crippen molar-refractivity contribution in [3.63, 3.8) is 0 Å². The Hall–Kier alpha value is -2.72. The molecule has 4 heteroatoms. The predicted molar refractivity (Wildman–Crippen MR) is 107 cm³/mol. The molecule has 4 nitrogen and oxygen atoms in total. The summed E-state index contributed by atoms with van der Waals surface area (Å²) >= 11 is 0. The molecule has 0 saturated carbocycles. The van der Waals surface area contributed by atoms with E-state index in [1.807, 2.05) is 24.4 Å². The second-order valence-electron chi connectivity index (χ2n) is 7.41. The Morgan fingerprint density at radius 2 is 2.04 bits per heavy atom. The molecular weight excluding hydrogens is 336 g/mol. The van der Waals surface area contributed by atoms with Crippen LogP contribution in [0.1, 0.15) is 35.6 Å². The molecule has 1 N–H and O–H groups in total. The third-order valence-corrected chi connectivity index (χ3v) is 5.50. The van der Waals surface area contributed by atoms with Crippen molar-refractivity contribution in [2.75, 3.05) is 13.1 Å². The van der Waals surface area contributed by atoms with Crippen molar-refractivity contribution >= 4 is 16.9 Å². The number of pyridine rings is 1. The number of fused-ring (bicyclic) bond motifs is 1. The Kier molecular flexibility index (Phi) is 4.90. The smallest absolute Gasteiger partial charge is 0.307 e. The normalized spacial score (nSPS) is 19.1. The van der Waals surface area contributed by atoms with Crippen LogP contribution in [0.5, 0.6) is 0 Å². The molecule has 27 heavy (non-hydrogen) atoms. The van der Waals surface area contributed by atoms with Gasteiger partial charge < -0.3 is 5.11 Å². The fourth-order valence-corrected chi connectivity index (χ4v) is 4.23. The highest BCUT2D eigenvalue weighted by Gasteiger charge is 2.32. The number of para-hydroxylation sites is 1. The zero-order chi connectivity index (χ0) is 18.8. The summed E-state index contributed by atoms with van der Waals surface area (Å²) in [4.78, 5) is 18.5. The maximum Gasteiger partial charge on any atom is 0.307 e. The summed E-state index contributed by atoms with van der Waals surface area (Å²) in [5, 5.41) is 10.7. The van der Waals surface area contributed by atoms with Gasteiger partial charge in [0.05, 0.1) is 17.5 Å². The molecule has 1 aliphatic rings. The van der Waals surface area contributed by atoms with Gasteiger partial charge in [-0.3, -0.25) is 14.7 Å². The number of hydrogen-bond acceptors (Lipinski definition) is 3. The van der Waals surface area contributed by atoms with Gasteiger partial charge in [-0.05, 0) is 49.6 Å². The van der Waals surface area contributed by atoms with E-state index >= 15 is 0 Å². The van der Waals surface area contributed by atoms with Gasteiger partial charge in [-0.2, -0.15) is 0 Å². The van der Waals surface area contributed by atoms with Gasteiger partial charge in [-0.15, -0.1) is 0 Å². The van der Waals surface area contributed by atoms with Crippen molar-refractivity contribution in [2.24, 2.45) is 5.92 Å². The van der Waals surface area contributed by atoms with Crippen molar-refractivity contribution in [2.45, 2.75) is 25.8 Å². The molecule has 1 fully saturated rings. The van der Waals surface area contributed by atoms with Crippen LogP contribution in [0.2, 0.25) is 0 Å². The molecule has 1 saturated heterocycles. The van der Waals surface area contributed by atoms with Crippen molar-refractivity contribution in [1.29, 1.82) is 0 Å². The Labute approximate surface area is 159 Å². The molecule has 2 unspecified atom stereocenters. The quantitative estimate of drug-likeness (QED) is 0.748. The first-order chi connectivity index (χ1) is 13.1.